The number of alkyl carbamates (subject to hydrolysis) is 1. The number of pyridine rings is 4. The Labute approximate surface area is 566 Å². The van der Waals surface area contributed by atoms with Gasteiger partial charge in [-0.25, -0.2) is 41.7 Å². The molecule has 9 rings (SSSR count). The number of ether oxygens (including phenoxy) is 3. The Morgan fingerprint density at radius 2 is 1.12 bits per heavy atom. The van der Waals surface area contributed by atoms with Gasteiger partial charge in [-0.3, -0.25) is 48.9 Å². The molecule has 0 spiro atoms. The zero-order chi connectivity index (χ0) is 67.7. The number of carbonyl (C=O) groups excluding carboxylic acids is 8. The van der Waals surface area contributed by atoms with Crippen molar-refractivity contribution >= 4 is 78.1 Å². The molecule has 0 atom stereocenters. The molecule has 2 N–H and O–H groups in total. The van der Waals surface area contributed by atoms with Crippen LogP contribution >= 0.6 is 15.9 Å². The van der Waals surface area contributed by atoms with Gasteiger partial charge in [0.2, 0.25) is 24.0 Å². The molecule has 3 radical (unpaired) electrons. The molecule has 20 nitrogen and oxygen atoms in total. The predicted octanol–water partition coefficient (Wildman–Crippen LogP) is 9.84. The summed E-state index contributed by atoms with van der Waals surface area (Å²) < 4.78 is 97.5. The molecule has 1 saturated carbocycles. The van der Waals surface area contributed by atoms with Gasteiger partial charge in [-0.05, 0) is 165 Å². The first-order chi connectivity index (χ1) is 42.0. The van der Waals surface area contributed by atoms with Crippen LogP contribution in [0, 0.1) is 23.3 Å². The van der Waals surface area contributed by atoms with Gasteiger partial charge in [0.05, 0.1) is 24.8 Å². The van der Waals surface area contributed by atoms with Crippen molar-refractivity contribution in [3.63, 3.8) is 0 Å². The van der Waals surface area contributed by atoms with Crippen LogP contribution in [0.1, 0.15) is 181 Å². The van der Waals surface area contributed by atoms with Gasteiger partial charge >= 0.3 is 54.0 Å². The summed E-state index contributed by atoms with van der Waals surface area (Å²) in [4.78, 5) is 108. The topological polar surface area (TPSA) is 259 Å². The molecule has 4 fully saturated rings. The number of nitrogens with one attached hydrogen (secondary N) is 2. The summed E-state index contributed by atoms with van der Waals surface area (Å²) in [6.07, 6.45) is 15.5. The largest absolute Gasteiger partial charge is 1.00 e. The molecule has 92 heavy (non-hydrogen) atoms. The fourth-order valence-corrected chi connectivity index (χ4v) is 8.32. The molecule has 1 aliphatic carbocycles. The van der Waals surface area contributed by atoms with Crippen molar-refractivity contribution in [3.05, 3.63) is 118 Å². The summed E-state index contributed by atoms with van der Waals surface area (Å²) in [5.74, 6) is -1.06. The van der Waals surface area contributed by atoms with E-state index in [4.69, 9.17) is 19.0 Å². The monoisotopic (exact) mass is 1370 g/mol. The van der Waals surface area contributed by atoms with E-state index < -0.39 is 53.4 Å². The van der Waals surface area contributed by atoms with Crippen LogP contribution in [0.25, 0.3) is 0 Å². The van der Waals surface area contributed by atoms with E-state index in [0.717, 1.165) is 86.9 Å². The number of aromatic nitrogens is 4. The van der Waals surface area contributed by atoms with Crippen molar-refractivity contribution in [2.75, 3.05) is 32.7 Å². The number of hydrogen-bond donors (Lipinski definition) is 2. The van der Waals surface area contributed by atoms with E-state index in [1.54, 1.807) is 80.8 Å². The number of halogens is 8. The summed E-state index contributed by atoms with van der Waals surface area (Å²) in [6, 6.07) is 5.60. The van der Waals surface area contributed by atoms with Crippen LogP contribution in [0.4, 0.5) is 45.1 Å². The maximum absolute atomic E-state index is 12.9. The first kappa shape index (κ1) is 85.3. The van der Waals surface area contributed by atoms with Gasteiger partial charge in [-0.1, -0.05) is 12.8 Å². The van der Waals surface area contributed by atoms with Gasteiger partial charge in [0.1, 0.15) is 40.1 Å². The van der Waals surface area contributed by atoms with E-state index in [0.29, 0.717) is 49.3 Å². The minimum Gasteiger partial charge on any atom is -1.00 e. The fourth-order valence-electron chi connectivity index (χ4n) is 7.99. The molecule has 5 aliphatic rings. The van der Waals surface area contributed by atoms with Gasteiger partial charge in [0, 0.05) is 113 Å². The SMILES string of the molecule is CC(C)(C)OC(=O)N1CCCC1=O.CC(C)(C)OC(=O)N1CCCC1=O.CC(C)(C)OC(=O)NCCCC(=O)c1cncc(F)c1.Fc1cncc(Br)c1.Fc1cncc(C2=NCCC2)c1.Fc1cncc(C2CCCC2)c1.O=C1CCCN1.O=CC(F)(F)F.[B].[H-].[Na+]. The Morgan fingerprint density at radius 1 is 0.641 bits per heavy atom. The number of carbonyl (C=O) groups is 8. The zero-order valence-corrected chi connectivity index (χ0v) is 57.3. The Bertz CT molecular complexity index is 2940. The van der Waals surface area contributed by atoms with Gasteiger partial charge in [-0.15, -0.1) is 0 Å². The summed E-state index contributed by atoms with van der Waals surface area (Å²) in [5.41, 5.74) is 1.52. The summed E-state index contributed by atoms with van der Waals surface area (Å²) in [7, 11) is 0. The van der Waals surface area contributed by atoms with Crippen LogP contribution in [0.3, 0.4) is 0 Å². The Morgan fingerprint density at radius 3 is 1.49 bits per heavy atom. The summed E-state index contributed by atoms with van der Waals surface area (Å²) in [6.45, 7) is 19.1. The molecule has 0 bridgehead atoms. The minimum absolute atomic E-state index is 0. The third kappa shape index (κ3) is 39.6. The third-order valence-corrected chi connectivity index (χ3v) is 12.3. The van der Waals surface area contributed by atoms with E-state index in [9.17, 15) is 64.3 Å². The molecule has 8 heterocycles. The van der Waals surface area contributed by atoms with Crippen molar-refractivity contribution in [1.29, 1.82) is 0 Å². The van der Waals surface area contributed by atoms with Crippen LogP contribution in [-0.4, -0.2) is 148 Å². The average Bonchev–Trinajstić information content (AvgIpc) is 1.96. The average molecular weight is 1380 g/mol. The third-order valence-electron chi connectivity index (χ3n) is 11.8. The predicted molar refractivity (Wildman–Crippen MR) is 330 cm³/mol. The van der Waals surface area contributed by atoms with Crippen molar-refractivity contribution in [3.8, 4) is 0 Å². The molecule has 4 aromatic heterocycles. The minimum atomic E-state index is -4.64. The van der Waals surface area contributed by atoms with E-state index in [1.807, 2.05) is 0 Å². The van der Waals surface area contributed by atoms with E-state index in [1.165, 1.54) is 72.4 Å². The molecule has 3 saturated heterocycles. The number of aliphatic imine (C=N–C) groups is 1. The smallest absolute Gasteiger partial charge is 1.00 e. The Kier molecular flexibility index (Phi) is 40.1. The Balaban J connectivity index is 0. The number of rotatable bonds is 7. The first-order valence-corrected chi connectivity index (χ1v) is 29.8. The maximum atomic E-state index is 12.9. The fraction of sp³-hybridized carbons (Fsp3) is 0.532. The number of nitrogens with zero attached hydrogens (tertiary/aromatic N) is 7. The molecule has 30 heteroatoms. The normalized spacial score (nSPS) is 14.8. The van der Waals surface area contributed by atoms with E-state index >= 15 is 0 Å². The van der Waals surface area contributed by atoms with E-state index in [-0.39, 0.29) is 92.3 Å². The number of imide groups is 2. The second-order valence-electron chi connectivity index (χ2n) is 23.3. The second kappa shape index (κ2) is 43.2. The number of amides is 6. The van der Waals surface area contributed by atoms with Gasteiger partial charge < -0.3 is 26.3 Å². The number of hydrogen-bond acceptors (Lipinski definition) is 16. The van der Waals surface area contributed by atoms with Crippen molar-refractivity contribution in [2.45, 2.75) is 181 Å². The molecule has 0 aromatic carbocycles. The quantitative estimate of drug-likeness (QED) is 0.0436. The summed E-state index contributed by atoms with van der Waals surface area (Å²) >= 11 is 3.06. The van der Waals surface area contributed by atoms with E-state index in [2.05, 4.69) is 51.5 Å². The van der Waals surface area contributed by atoms with Crippen LogP contribution in [0.15, 0.2) is 83.3 Å². The van der Waals surface area contributed by atoms with Crippen LogP contribution in [0.5, 0.6) is 0 Å². The number of Topliss-reactive ketones (excluding diaryl/α,β-unsaturated/α-hetero) is 1. The van der Waals surface area contributed by atoms with Gasteiger partial charge in [0.25, 0.3) is 0 Å². The standard InChI is InChI=1S/C14H19FN2O3.C10H12FN.C9H9FN2.2C9H15NO3.C5H3BrFN.C4H7NO.C2HF3O.B.Na.H/c1-14(2,3)20-13(19)17-6-4-5-12(18)10-7-11(15)9-16-8-10;11-10-5-9(6-12-7-10)8-3-1-2-4-8;10-8-4-7(5-11-6-8)9-2-1-3-12-9;2*1-9(2,3)13-8(12)10-6-4-5-7(10)11;6-4-1-5(7)3-8-2-4;6-4-2-1-3-5-4;3-2(4,5)1-6;;;/h7-9H,4-6H2,1-3H3,(H,17,19);5-8H,1-4H2;4-6H,1-3H2;2*4-6H2,1-3H3;1-3H;1-3H2,(H,5,6);1H;;;/q;;;;;;;;;+1;-1. The van der Waals surface area contributed by atoms with Crippen LogP contribution in [0.2, 0.25) is 0 Å². The molecule has 0 unspecified atom stereocenters. The zero-order valence-electron chi connectivity index (χ0n) is 54.7. The van der Waals surface area contributed by atoms with Crippen LogP contribution < -0.4 is 40.2 Å². The molecular weight excluding hydrogens is 1290 g/mol. The number of alkyl halides is 3. The van der Waals surface area contributed by atoms with Gasteiger partial charge in [0.15, 0.2) is 5.78 Å². The van der Waals surface area contributed by atoms with Gasteiger partial charge in [-0.2, -0.15) is 13.2 Å². The molecule has 6 amide bonds. The number of likely N-dealkylation sites (tertiary alicyclic amines) is 2. The number of aldehydes is 1. The molecule has 4 aromatic rings. The summed E-state index contributed by atoms with van der Waals surface area (Å²) in [5, 5.41) is 5.23. The van der Waals surface area contributed by atoms with Crippen LogP contribution in [-0.2, 0) is 33.4 Å². The second-order valence-corrected chi connectivity index (χ2v) is 24.2. The molecule has 501 valence electrons. The Hall–Kier alpha value is -6.72. The molecular formula is C62H82BBrF7N9NaO11. The van der Waals surface area contributed by atoms with Crippen molar-refractivity contribution in [1.82, 2.24) is 40.4 Å². The molecule has 4 aliphatic heterocycles. The maximum Gasteiger partial charge on any atom is 1.00 e. The first-order valence-electron chi connectivity index (χ1n) is 29.0. The van der Waals surface area contributed by atoms with Crippen molar-refractivity contribution < 1.29 is 114 Å². The van der Waals surface area contributed by atoms with Crippen molar-refractivity contribution in [2.24, 2.45) is 4.99 Å². The number of ketones is 1.